The van der Waals surface area contributed by atoms with Gasteiger partial charge >= 0.3 is 0 Å². The summed E-state index contributed by atoms with van der Waals surface area (Å²) in [4.78, 5) is 16.6. The summed E-state index contributed by atoms with van der Waals surface area (Å²) >= 11 is 5.74. The second-order valence-electron chi connectivity index (χ2n) is 3.97. The monoisotopic (exact) mass is 261 g/mol. The maximum absolute atomic E-state index is 12.3. The van der Waals surface area contributed by atoms with Crippen molar-refractivity contribution in [3.8, 4) is 0 Å². The van der Waals surface area contributed by atoms with E-state index in [0.29, 0.717) is 17.0 Å². The summed E-state index contributed by atoms with van der Waals surface area (Å²) in [5, 5.41) is 7.80. The zero-order valence-electron chi connectivity index (χ0n) is 9.42. The molecule has 1 aromatic rings. The lowest BCUT2D eigenvalue weighted by Gasteiger charge is -2.20. The fourth-order valence-electron chi connectivity index (χ4n) is 1.85. The number of carbonyl (C=O) groups is 1. The fourth-order valence-corrected chi connectivity index (χ4v) is 2.00. The highest BCUT2D eigenvalue weighted by Gasteiger charge is 2.33. The van der Waals surface area contributed by atoms with E-state index in [9.17, 15) is 4.79 Å². The number of hydrogen-bond donors (Lipinski definition) is 0. The van der Waals surface area contributed by atoms with E-state index in [-0.39, 0.29) is 10.9 Å². The van der Waals surface area contributed by atoms with Gasteiger partial charge in [-0.25, -0.2) is 0 Å². The van der Waals surface area contributed by atoms with Crippen LogP contribution < -0.4 is 0 Å². The minimum absolute atomic E-state index is 0.183. The number of ether oxygens (including phenoxy) is 1. The van der Waals surface area contributed by atoms with Gasteiger partial charge in [-0.1, -0.05) is 11.6 Å². The van der Waals surface area contributed by atoms with Crippen LogP contribution in [0.1, 0.15) is 23.0 Å². The van der Waals surface area contributed by atoms with Gasteiger partial charge in [0.1, 0.15) is 0 Å². The summed E-state index contributed by atoms with van der Waals surface area (Å²) in [6.07, 6.45) is 4.15. The number of aliphatic imine (C=N–C) groups is 1. The molecule has 0 fully saturated rings. The number of rotatable bonds is 0. The van der Waals surface area contributed by atoms with Crippen LogP contribution in [0.15, 0.2) is 29.1 Å². The number of hydrogen-bond acceptors (Lipinski definition) is 5. The summed E-state index contributed by atoms with van der Waals surface area (Å²) < 4.78 is 5.38. The largest absolute Gasteiger partial charge is 0.483 e. The van der Waals surface area contributed by atoms with E-state index >= 15 is 0 Å². The predicted molar refractivity (Wildman–Crippen MR) is 66.5 cm³/mol. The van der Waals surface area contributed by atoms with E-state index < -0.39 is 6.10 Å². The van der Waals surface area contributed by atoms with Crippen molar-refractivity contribution in [1.29, 1.82) is 0 Å². The molecule has 1 aliphatic carbocycles. The molecule has 0 aromatic carbocycles. The number of halogens is 1. The SMILES string of the molecule is CC1=NC2=Cc3nnc(Cl)cc3C(=O)C2OC=C1. The number of Topliss-reactive ketones (excluding diaryl/α,β-unsaturated/α-hetero) is 1. The standard InChI is InChI=1S/C12H8ClN3O2/c1-6-2-3-18-12-9(14-6)5-8-7(11(12)17)4-10(13)16-15-8/h2-5,12H,1H3. The average Bonchev–Trinajstić information content (AvgIpc) is 2.52. The van der Waals surface area contributed by atoms with Crippen molar-refractivity contribution in [2.75, 3.05) is 0 Å². The number of nitrogens with zero attached hydrogens (tertiary/aromatic N) is 3. The zero-order valence-corrected chi connectivity index (χ0v) is 10.2. The van der Waals surface area contributed by atoms with Gasteiger partial charge in [-0.3, -0.25) is 9.79 Å². The second kappa shape index (κ2) is 4.03. The van der Waals surface area contributed by atoms with Gasteiger partial charge in [0, 0.05) is 5.71 Å². The molecule has 1 unspecified atom stereocenters. The van der Waals surface area contributed by atoms with Crippen LogP contribution >= 0.6 is 11.6 Å². The molecule has 1 atom stereocenters. The highest BCUT2D eigenvalue weighted by atomic mass is 35.5. The van der Waals surface area contributed by atoms with Gasteiger partial charge in [0.25, 0.3) is 0 Å². The molecule has 0 saturated carbocycles. The predicted octanol–water partition coefficient (Wildman–Crippen LogP) is 2.04. The summed E-state index contributed by atoms with van der Waals surface area (Å²) in [5.41, 5.74) is 2.18. The van der Waals surface area contributed by atoms with E-state index in [0.717, 1.165) is 5.71 Å². The Kier molecular flexibility index (Phi) is 2.48. The molecule has 0 bridgehead atoms. The van der Waals surface area contributed by atoms with Crippen LogP contribution in [0, 0.1) is 0 Å². The summed E-state index contributed by atoms with van der Waals surface area (Å²) in [6, 6.07) is 1.49. The van der Waals surface area contributed by atoms with Crippen LogP contribution in [0.2, 0.25) is 5.15 Å². The van der Waals surface area contributed by atoms with Crippen molar-refractivity contribution in [2.45, 2.75) is 13.0 Å². The van der Waals surface area contributed by atoms with Gasteiger partial charge in [0.05, 0.1) is 23.2 Å². The third-order valence-electron chi connectivity index (χ3n) is 2.68. The Morgan fingerprint density at radius 3 is 3.06 bits per heavy atom. The number of fused-ring (bicyclic) bond motifs is 2. The first-order valence-electron chi connectivity index (χ1n) is 5.31. The molecule has 0 saturated heterocycles. The molecule has 1 aliphatic heterocycles. The minimum atomic E-state index is -0.730. The van der Waals surface area contributed by atoms with E-state index in [2.05, 4.69) is 15.2 Å². The van der Waals surface area contributed by atoms with E-state index in [1.54, 1.807) is 12.2 Å². The van der Waals surface area contributed by atoms with E-state index in [1.165, 1.54) is 12.3 Å². The molecular formula is C12H8ClN3O2. The zero-order chi connectivity index (χ0) is 12.7. The summed E-state index contributed by atoms with van der Waals surface area (Å²) in [6.45, 7) is 1.83. The highest BCUT2D eigenvalue weighted by molar-refractivity contribution is 6.29. The number of carbonyl (C=O) groups excluding carboxylic acids is 1. The maximum Gasteiger partial charge on any atom is 0.211 e. The molecule has 0 N–H and O–H groups in total. The molecule has 0 spiro atoms. The van der Waals surface area contributed by atoms with E-state index in [4.69, 9.17) is 16.3 Å². The summed E-state index contributed by atoms with van der Waals surface area (Å²) in [5.74, 6) is -0.206. The minimum Gasteiger partial charge on any atom is -0.483 e. The topological polar surface area (TPSA) is 64.4 Å². The molecule has 6 heteroatoms. The van der Waals surface area contributed by atoms with Crippen molar-refractivity contribution in [2.24, 2.45) is 4.99 Å². The highest BCUT2D eigenvalue weighted by Crippen LogP contribution is 2.28. The van der Waals surface area contributed by atoms with E-state index in [1.807, 2.05) is 6.92 Å². The molecular weight excluding hydrogens is 254 g/mol. The first kappa shape index (κ1) is 11.1. The molecule has 0 radical (unpaired) electrons. The van der Waals surface area contributed by atoms with Gasteiger partial charge in [-0.2, -0.15) is 0 Å². The molecule has 18 heavy (non-hydrogen) atoms. The van der Waals surface area contributed by atoms with Crippen LogP contribution in [0.3, 0.4) is 0 Å². The first-order chi connectivity index (χ1) is 8.65. The van der Waals surface area contributed by atoms with Crippen molar-refractivity contribution in [3.63, 3.8) is 0 Å². The number of ketones is 1. The Balaban J connectivity index is 2.18. The fraction of sp³-hybridized carbons (Fsp3) is 0.167. The van der Waals surface area contributed by atoms with Crippen LogP contribution in [0.5, 0.6) is 0 Å². The molecule has 2 aliphatic rings. The van der Waals surface area contributed by atoms with Crippen LogP contribution in [-0.2, 0) is 4.74 Å². The van der Waals surface area contributed by atoms with Crippen molar-refractivity contribution < 1.29 is 9.53 Å². The molecule has 90 valence electrons. The van der Waals surface area contributed by atoms with Gasteiger partial charge < -0.3 is 4.74 Å². The molecule has 2 heterocycles. The second-order valence-corrected chi connectivity index (χ2v) is 4.36. The Morgan fingerprint density at radius 1 is 1.39 bits per heavy atom. The Morgan fingerprint density at radius 2 is 2.22 bits per heavy atom. The average molecular weight is 262 g/mol. The molecule has 0 amide bonds. The maximum atomic E-state index is 12.3. The van der Waals surface area contributed by atoms with Crippen molar-refractivity contribution >= 4 is 29.2 Å². The smallest absolute Gasteiger partial charge is 0.211 e. The van der Waals surface area contributed by atoms with Gasteiger partial charge in [0.2, 0.25) is 11.9 Å². The first-order valence-corrected chi connectivity index (χ1v) is 5.69. The Hall–Kier alpha value is -2.01. The third kappa shape index (κ3) is 1.73. The molecule has 3 rings (SSSR count). The lowest BCUT2D eigenvalue weighted by molar-refractivity contribution is 0.0769. The van der Waals surface area contributed by atoms with Crippen molar-refractivity contribution in [3.05, 3.63) is 40.5 Å². The lowest BCUT2D eigenvalue weighted by atomic mass is 9.96. The van der Waals surface area contributed by atoms with Crippen molar-refractivity contribution in [1.82, 2.24) is 10.2 Å². The normalized spacial score (nSPS) is 21.2. The van der Waals surface area contributed by atoms with Gasteiger partial charge in [0.15, 0.2) is 5.15 Å². The van der Waals surface area contributed by atoms with Gasteiger partial charge in [-0.15, -0.1) is 10.2 Å². The van der Waals surface area contributed by atoms with Crippen LogP contribution in [0.4, 0.5) is 0 Å². The summed E-state index contributed by atoms with van der Waals surface area (Å²) in [7, 11) is 0. The van der Waals surface area contributed by atoms with Crippen LogP contribution in [0.25, 0.3) is 6.08 Å². The van der Waals surface area contributed by atoms with Gasteiger partial charge in [-0.05, 0) is 25.1 Å². The Bertz CT molecular complexity index is 634. The third-order valence-corrected chi connectivity index (χ3v) is 2.86. The Labute approximate surface area is 108 Å². The number of allylic oxidation sites excluding steroid dienone is 1. The molecule has 5 nitrogen and oxygen atoms in total. The quantitative estimate of drug-likeness (QED) is 0.717. The lowest BCUT2D eigenvalue weighted by Crippen LogP contribution is -2.28. The number of aromatic nitrogens is 2. The molecule has 1 aromatic heterocycles. The van der Waals surface area contributed by atoms with Crippen LogP contribution in [-0.4, -0.2) is 27.8 Å².